The lowest BCUT2D eigenvalue weighted by molar-refractivity contribution is -0.131. The summed E-state index contributed by atoms with van der Waals surface area (Å²) in [6, 6.07) is 12.6. The first-order chi connectivity index (χ1) is 12.5. The molecule has 0 aliphatic carbocycles. The van der Waals surface area contributed by atoms with Crippen molar-refractivity contribution in [3.63, 3.8) is 0 Å². The zero-order valence-corrected chi connectivity index (χ0v) is 15.0. The normalized spacial score (nSPS) is 9.96. The largest absolute Gasteiger partial charge is 0.493 e. The van der Waals surface area contributed by atoms with Gasteiger partial charge in [0.25, 0.3) is 11.8 Å². The van der Waals surface area contributed by atoms with Gasteiger partial charge in [0.15, 0.2) is 24.7 Å². The van der Waals surface area contributed by atoms with Crippen LogP contribution in [0.25, 0.3) is 0 Å². The minimum Gasteiger partial charge on any atom is -0.493 e. The molecular weight excluding hydrogens is 336 g/mol. The van der Waals surface area contributed by atoms with Crippen LogP contribution in [0.4, 0.5) is 0 Å². The van der Waals surface area contributed by atoms with Crippen LogP contribution in [0.5, 0.6) is 17.2 Å². The summed E-state index contributed by atoms with van der Waals surface area (Å²) in [7, 11) is 1.51. The monoisotopic (exact) mass is 358 g/mol. The zero-order valence-electron chi connectivity index (χ0n) is 15.0. The second-order valence-electron chi connectivity index (χ2n) is 5.59. The van der Waals surface area contributed by atoms with E-state index in [4.69, 9.17) is 14.2 Å². The Balaban J connectivity index is 1.72. The molecule has 0 bridgehead atoms. The van der Waals surface area contributed by atoms with E-state index in [0.29, 0.717) is 17.2 Å². The number of hydrogen-bond acceptors (Lipinski definition) is 5. The van der Waals surface area contributed by atoms with Gasteiger partial charge in [0, 0.05) is 0 Å². The van der Waals surface area contributed by atoms with E-state index in [1.165, 1.54) is 7.11 Å². The quantitative estimate of drug-likeness (QED) is 0.739. The number of aryl methyl sites for hydroxylation is 2. The number of carbonyl (C=O) groups excluding carboxylic acids is 2. The maximum atomic E-state index is 11.8. The molecule has 0 spiro atoms. The maximum Gasteiger partial charge on any atom is 0.276 e. The van der Waals surface area contributed by atoms with E-state index < -0.39 is 11.8 Å². The molecule has 0 saturated heterocycles. The van der Waals surface area contributed by atoms with E-state index in [2.05, 4.69) is 10.9 Å². The van der Waals surface area contributed by atoms with E-state index in [9.17, 15) is 9.59 Å². The van der Waals surface area contributed by atoms with Crippen molar-refractivity contribution in [1.82, 2.24) is 10.9 Å². The van der Waals surface area contributed by atoms with Crippen molar-refractivity contribution in [1.29, 1.82) is 0 Å². The van der Waals surface area contributed by atoms with Gasteiger partial charge in [-0.15, -0.1) is 0 Å². The predicted molar refractivity (Wildman–Crippen MR) is 96.2 cm³/mol. The van der Waals surface area contributed by atoms with Gasteiger partial charge < -0.3 is 14.2 Å². The molecule has 0 aliphatic rings. The van der Waals surface area contributed by atoms with Crippen LogP contribution in [-0.2, 0) is 9.59 Å². The molecule has 2 aromatic rings. The summed E-state index contributed by atoms with van der Waals surface area (Å²) in [6.07, 6.45) is 0. The van der Waals surface area contributed by atoms with Crippen molar-refractivity contribution < 1.29 is 23.8 Å². The highest BCUT2D eigenvalue weighted by Crippen LogP contribution is 2.25. The Morgan fingerprint density at radius 1 is 0.846 bits per heavy atom. The van der Waals surface area contributed by atoms with Crippen LogP contribution in [0.1, 0.15) is 11.1 Å². The average molecular weight is 358 g/mol. The fourth-order valence-corrected chi connectivity index (χ4v) is 2.20. The van der Waals surface area contributed by atoms with Gasteiger partial charge in [0.1, 0.15) is 5.75 Å². The van der Waals surface area contributed by atoms with Gasteiger partial charge in [-0.3, -0.25) is 20.4 Å². The smallest absolute Gasteiger partial charge is 0.276 e. The van der Waals surface area contributed by atoms with E-state index in [1.807, 2.05) is 26.0 Å². The first-order valence-electron chi connectivity index (χ1n) is 8.03. The fourth-order valence-electron chi connectivity index (χ4n) is 2.20. The van der Waals surface area contributed by atoms with Gasteiger partial charge in [-0.05, 0) is 37.6 Å². The van der Waals surface area contributed by atoms with Gasteiger partial charge in [-0.1, -0.05) is 29.8 Å². The number of para-hydroxylation sites is 2. The van der Waals surface area contributed by atoms with Crippen LogP contribution in [0, 0.1) is 13.8 Å². The molecular formula is C19H22N2O5. The molecule has 2 rings (SSSR count). The van der Waals surface area contributed by atoms with Crippen molar-refractivity contribution in [3.8, 4) is 17.2 Å². The number of ether oxygens (including phenoxy) is 3. The highest BCUT2D eigenvalue weighted by molar-refractivity contribution is 5.83. The summed E-state index contributed by atoms with van der Waals surface area (Å²) in [5.41, 5.74) is 6.59. The second-order valence-corrected chi connectivity index (χ2v) is 5.59. The number of amides is 2. The van der Waals surface area contributed by atoms with Crippen LogP contribution in [0.15, 0.2) is 42.5 Å². The second kappa shape index (κ2) is 9.31. The zero-order chi connectivity index (χ0) is 18.9. The topological polar surface area (TPSA) is 85.9 Å². The molecule has 0 fully saturated rings. The molecule has 0 radical (unpaired) electrons. The standard InChI is InChI=1S/C19H22N2O5/c1-13-8-9-15(14(2)10-13)25-11-18(22)20-21-19(23)12-26-17-7-5-4-6-16(17)24-3/h4-10H,11-12H2,1-3H3,(H,20,22)(H,21,23). The molecule has 0 atom stereocenters. The Morgan fingerprint density at radius 3 is 2.00 bits per heavy atom. The number of carbonyl (C=O) groups is 2. The number of nitrogens with one attached hydrogen (secondary N) is 2. The van der Waals surface area contributed by atoms with Crippen LogP contribution >= 0.6 is 0 Å². The van der Waals surface area contributed by atoms with Crippen molar-refractivity contribution in [2.45, 2.75) is 13.8 Å². The van der Waals surface area contributed by atoms with Crippen molar-refractivity contribution in [3.05, 3.63) is 53.6 Å². The van der Waals surface area contributed by atoms with E-state index in [1.54, 1.807) is 30.3 Å². The Hall–Kier alpha value is -3.22. The first kappa shape index (κ1) is 19.1. The van der Waals surface area contributed by atoms with Gasteiger partial charge in [0.2, 0.25) is 0 Å². The van der Waals surface area contributed by atoms with Crippen LogP contribution in [-0.4, -0.2) is 32.1 Å². The molecule has 0 heterocycles. The Bertz CT molecular complexity index is 776. The lowest BCUT2D eigenvalue weighted by atomic mass is 10.1. The van der Waals surface area contributed by atoms with E-state index in [0.717, 1.165) is 11.1 Å². The third-order valence-corrected chi connectivity index (χ3v) is 3.46. The Kier molecular flexibility index (Phi) is 6.84. The van der Waals surface area contributed by atoms with Crippen molar-refractivity contribution >= 4 is 11.8 Å². The van der Waals surface area contributed by atoms with E-state index in [-0.39, 0.29) is 13.2 Å². The number of benzene rings is 2. The van der Waals surface area contributed by atoms with Gasteiger partial charge in [-0.2, -0.15) is 0 Å². The molecule has 0 aromatic heterocycles. The summed E-state index contributed by atoms with van der Waals surface area (Å²) in [5.74, 6) is 0.601. The molecule has 2 N–H and O–H groups in total. The molecule has 7 nitrogen and oxygen atoms in total. The fraction of sp³-hybridized carbons (Fsp3) is 0.263. The molecule has 2 amide bonds. The highest BCUT2D eigenvalue weighted by Gasteiger charge is 2.09. The molecule has 0 unspecified atom stereocenters. The molecule has 2 aromatic carbocycles. The Labute approximate surface area is 152 Å². The predicted octanol–water partition coefficient (Wildman–Crippen LogP) is 1.92. The number of rotatable bonds is 7. The number of methoxy groups -OCH3 is 1. The van der Waals surface area contributed by atoms with Gasteiger partial charge in [0.05, 0.1) is 7.11 Å². The number of hydrazine groups is 1. The third kappa shape index (κ3) is 5.70. The molecule has 0 aliphatic heterocycles. The summed E-state index contributed by atoms with van der Waals surface area (Å²) >= 11 is 0. The lowest BCUT2D eigenvalue weighted by Crippen LogP contribution is -2.45. The lowest BCUT2D eigenvalue weighted by Gasteiger charge is -2.12. The number of hydrogen-bond donors (Lipinski definition) is 2. The minimum atomic E-state index is -0.504. The van der Waals surface area contributed by atoms with Crippen LogP contribution in [0.2, 0.25) is 0 Å². The molecule has 0 saturated carbocycles. The highest BCUT2D eigenvalue weighted by atomic mass is 16.5. The van der Waals surface area contributed by atoms with E-state index >= 15 is 0 Å². The average Bonchev–Trinajstić information content (AvgIpc) is 2.64. The van der Waals surface area contributed by atoms with Gasteiger partial charge >= 0.3 is 0 Å². The first-order valence-corrected chi connectivity index (χ1v) is 8.03. The van der Waals surface area contributed by atoms with Crippen LogP contribution < -0.4 is 25.1 Å². The van der Waals surface area contributed by atoms with Gasteiger partial charge in [-0.25, -0.2) is 0 Å². The third-order valence-electron chi connectivity index (χ3n) is 3.46. The minimum absolute atomic E-state index is 0.211. The summed E-state index contributed by atoms with van der Waals surface area (Å²) < 4.78 is 15.9. The van der Waals surface area contributed by atoms with Crippen molar-refractivity contribution in [2.24, 2.45) is 0 Å². The molecule has 7 heteroatoms. The molecule has 138 valence electrons. The van der Waals surface area contributed by atoms with Crippen LogP contribution in [0.3, 0.4) is 0 Å². The Morgan fingerprint density at radius 2 is 1.42 bits per heavy atom. The summed E-state index contributed by atoms with van der Waals surface area (Å²) in [4.78, 5) is 23.5. The molecule has 26 heavy (non-hydrogen) atoms. The maximum absolute atomic E-state index is 11.8. The summed E-state index contributed by atoms with van der Waals surface area (Å²) in [5, 5.41) is 0. The van der Waals surface area contributed by atoms with Crippen molar-refractivity contribution in [2.75, 3.05) is 20.3 Å². The SMILES string of the molecule is COc1ccccc1OCC(=O)NNC(=O)COc1ccc(C)cc1C. The summed E-state index contributed by atoms with van der Waals surface area (Å²) in [6.45, 7) is 3.40.